The molecule has 0 heterocycles. The molecule has 7 heteroatoms. The van der Waals surface area contributed by atoms with Gasteiger partial charge in [0.25, 0.3) is 0 Å². The van der Waals surface area contributed by atoms with Crippen LogP contribution in [0.25, 0.3) is 0 Å². The second kappa shape index (κ2) is 6.14. The fourth-order valence-electron chi connectivity index (χ4n) is 0.873. The first-order chi connectivity index (χ1) is 7.85. The minimum atomic E-state index is -3.53. The van der Waals surface area contributed by atoms with Gasteiger partial charge in [0.15, 0.2) is 0 Å². The molecule has 0 saturated heterocycles. The quantitative estimate of drug-likeness (QED) is 0.765. The van der Waals surface area contributed by atoms with E-state index < -0.39 is 23.5 Å². The lowest BCUT2D eigenvalue weighted by Gasteiger charge is -2.38. The third-order valence-electron chi connectivity index (χ3n) is 3.05. The van der Waals surface area contributed by atoms with Gasteiger partial charge in [-0.05, 0) is 33.1 Å². The third-order valence-corrected chi connectivity index (χ3v) is 7.33. The highest BCUT2D eigenvalue weighted by molar-refractivity contribution is 7.90. The normalized spacial score (nSPS) is 18.7. The summed E-state index contributed by atoms with van der Waals surface area (Å²) in [6.07, 6.45) is -0.280. The smallest absolute Gasteiger partial charge is 0.300 e. The molecule has 1 N–H and O–H groups in total. The van der Waals surface area contributed by atoms with Crippen LogP contribution in [0.3, 0.4) is 0 Å². The summed E-state index contributed by atoms with van der Waals surface area (Å²) < 4.78 is 36.5. The van der Waals surface area contributed by atoms with Gasteiger partial charge in [0.2, 0.25) is 0 Å². The second-order valence-electron chi connectivity index (χ2n) is 5.95. The maximum absolute atomic E-state index is 12.3. The van der Waals surface area contributed by atoms with Gasteiger partial charge in [0.1, 0.15) is 11.0 Å². The lowest BCUT2D eigenvalue weighted by Crippen LogP contribution is -2.45. The Morgan fingerprint density at radius 2 is 1.61 bits per heavy atom. The van der Waals surface area contributed by atoms with E-state index in [2.05, 4.69) is 4.49 Å². The van der Waals surface area contributed by atoms with E-state index in [1.54, 1.807) is 13.8 Å². The summed E-state index contributed by atoms with van der Waals surface area (Å²) in [5.74, 6) is 0. The van der Waals surface area contributed by atoms with Crippen LogP contribution in [-0.4, -0.2) is 22.2 Å². The van der Waals surface area contributed by atoms with Gasteiger partial charge >= 0.3 is 7.75 Å². The molecule has 0 rings (SSSR count). The van der Waals surface area contributed by atoms with Gasteiger partial charge < -0.3 is 0 Å². The van der Waals surface area contributed by atoms with Crippen LogP contribution < -0.4 is 4.49 Å². The zero-order valence-electron chi connectivity index (χ0n) is 12.6. The van der Waals surface area contributed by atoms with Crippen molar-refractivity contribution in [2.24, 2.45) is 5.41 Å². The van der Waals surface area contributed by atoms with E-state index in [4.69, 9.17) is 9.05 Å². The number of nitrogens with one attached hydrogen (secondary N) is 1. The van der Waals surface area contributed by atoms with Gasteiger partial charge in [-0.3, -0.25) is 9.05 Å². The van der Waals surface area contributed by atoms with Crippen LogP contribution in [0.15, 0.2) is 0 Å². The molecule has 5 nitrogen and oxygen atoms in total. The molecule has 0 aromatic rings. The molecule has 2 unspecified atom stereocenters. The van der Waals surface area contributed by atoms with Gasteiger partial charge in [-0.1, -0.05) is 20.8 Å². The van der Waals surface area contributed by atoms with E-state index in [-0.39, 0.29) is 11.5 Å². The van der Waals surface area contributed by atoms with Crippen LogP contribution in [0.4, 0.5) is 0 Å². The lowest BCUT2D eigenvalue weighted by atomic mass is 9.83. The summed E-state index contributed by atoms with van der Waals surface area (Å²) in [7, 11) is -3.80. The maximum atomic E-state index is 12.3. The molecule has 18 heavy (non-hydrogen) atoms. The highest BCUT2D eigenvalue weighted by atomic mass is 32.2. The van der Waals surface area contributed by atoms with E-state index in [0.717, 1.165) is 0 Å². The van der Waals surface area contributed by atoms with Crippen molar-refractivity contribution >= 4 is 18.7 Å². The van der Waals surface area contributed by atoms with Crippen molar-refractivity contribution in [2.75, 3.05) is 7.11 Å². The predicted octanol–water partition coefficient (Wildman–Crippen LogP) is 3.24. The Kier molecular flexibility index (Phi) is 6.23. The Bertz CT molecular complexity index is 349. The highest BCUT2D eigenvalue weighted by Crippen LogP contribution is 2.47. The van der Waals surface area contributed by atoms with Crippen molar-refractivity contribution < 1.29 is 17.8 Å². The molecular formula is C11H26NO4PS. The second-order valence-corrected chi connectivity index (χ2v) is 9.81. The Morgan fingerprint density at radius 3 is 1.89 bits per heavy atom. The van der Waals surface area contributed by atoms with Crippen LogP contribution in [0.2, 0.25) is 0 Å². The van der Waals surface area contributed by atoms with E-state index >= 15 is 0 Å². The molecule has 0 saturated carbocycles. The molecule has 0 aromatic carbocycles. The van der Waals surface area contributed by atoms with Gasteiger partial charge in [0, 0.05) is 7.11 Å². The molecule has 0 aliphatic rings. The molecule has 0 aliphatic heterocycles. The molecular weight excluding hydrogens is 273 g/mol. The minimum Gasteiger partial charge on any atom is -0.300 e. The largest absolute Gasteiger partial charge is 0.417 e. The first-order valence-corrected chi connectivity index (χ1v) is 8.59. The standard InChI is InChI=1S/C11H26NO4PS/c1-9(2)16-17(13,15-8)12-18(14)11(6,7)10(3,4)5/h9H,1-8H3,(H,12,13). The number of hydrogen-bond donors (Lipinski definition) is 1. The zero-order chi connectivity index (χ0) is 14.8. The number of rotatable bonds is 6. The van der Waals surface area contributed by atoms with Crippen molar-refractivity contribution in [1.82, 2.24) is 4.49 Å². The highest BCUT2D eigenvalue weighted by Gasteiger charge is 2.42. The molecule has 0 fully saturated rings. The zero-order valence-corrected chi connectivity index (χ0v) is 14.3. The fourth-order valence-corrected chi connectivity index (χ4v) is 4.27. The Morgan fingerprint density at radius 1 is 1.17 bits per heavy atom. The fraction of sp³-hybridized carbons (Fsp3) is 1.00. The minimum absolute atomic E-state index is 0.221. The SMILES string of the molecule is COP(=O)(NS(=O)C(C)(C)C(C)(C)C)OC(C)C. The molecule has 0 bridgehead atoms. The van der Waals surface area contributed by atoms with Crippen LogP contribution >= 0.6 is 7.75 Å². The molecule has 0 aliphatic carbocycles. The van der Waals surface area contributed by atoms with Gasteiger partial charge in [0.05, 0.1) is 10.9 Å². The maximum Gasteiger partial charge on any atom is 0.417 e. The monoisotopic (exact) mass is 299 g/mol. The summed E-state index contributed by atoms with van der Waals surface area (Å²) in [6, 6.07) is 0. The van der Waals surface area contributed by atoms with Crippen molar-refractivity contribution in [1.29, 1.82) is 0 Å². The van der Waals surface area contributed by atoms with Gasteiger partial charge in [-0.2, -0.15) is 0 Å². The van der Waals surface area contributed by atoms with E-state index in [1.807, 2.05) is 34.6 Å². The molecule has 0 amide bonds. The van der Waals surface area contributed by atoms with Crippen molar-refractivity contribution in [3.05, 3.63) is 0 Å². The predicted molar refractivity (Wildman–Crippen MR) is 75.6 cm³/mol. The first kappa shape index (κ1) is 18.3. The Balaban J connectivity index is 5.00. The van der Waals surface area contributed by atoms with Crippen molar-refractivity contribution in [3.63, 3.8) is 0 Å². The van der Waals surface area contributed by atoms with Crippen LogP contribution in [0.5, 0.6) is 0 Å². The average Bonchev–Trinajstić information content (AvgIpc) is 2.14. The van der Waals surface area contributed by atoms with Crippen LogP contribution in [0, 0.1) is 5.41 Å². The first-order valence-electron chi connectivity index (χ1n) is 5.89. The number of hydrogen-bond acceptors (Lipinski definition) is 4. The van der Waals surface area contributed by atoms with E-state index in [9.17, 15) is 8.77 Å². The molecule has 0 spiro atoms. The summed E-state index contributed by atoms with van der Waals surface area (Å²) >= 11 is 0. The Hall–Kier alpha value is 0.260. The summed E-state index contributed by atoms with van der Waals surface area (Å²) in [5.41, 5.74) is -0.221. The van der Waals surface area contributed by atoms with Gasteiger partial charge in [-0.15, -0.1) is 4.49 Å². The summed E-state index contributed by atoms with van der Waals surface area (Å²) in [6.45, 7) is 13.1. The van der Waals surface area contributed by atoms with Crippen molar-refractivity contribution in [2.45, 2.75) is 59.3 Å². The van der Waals surface area contributed by atoms with Gasteiger partial charge in [-0.25, -0.2) is 8.77 Å². The average molecular weight is 299 g/mol. The Labute approximate surface area is 113 Å². The van der Waals surface area contributed by atoms with E-state index in [1.165, 1.54) is 7.11 Å². The summed E-state index contributed by atoms with van der Waals surface area (Å²) in [4.78, 5) is 0. The summed E-state index contributed by atoms with van der Waals surface area (Å²) in [5, 5.41) is 0. The van der Waals surface area contributed by atoms with Crippen molar-refractivity contribution in [3.8, 4) is 0 Å². The van der Waals surface area contributed by atoms with Crippen LogP contribution in [-0.2, 0) is 24.6 Å². The molecule has 110 valence electrons. The molecule has 0 aromatic heterocycles. The van der Waals surface area contributed by atoms with Crippen LogP contribution in [0.1, 0.15) is 48.5 Å². The third kappa shape index (κ3) is 4.74. The molecule has 2 atom stereocenters. The van der Waals surface area contributed by atoms with E-state index in [0.29, 0.717) is 0 Å². The molecule has 0 radical (unpaired) electrons. The lowest BCUT2D eigenvalue weighted by molar-refractivity contribution is 0.185. The topological polar surface area (TPSA) is 64.6 Å².